The van der Waals surface area contributed by atoms with Gasteiger partial charge in [-0.25, -0.2) is 18.8 Å². The third-order valence-corrected chi connectivity index (χ3v) is 16.3. The number of rotatable bonds is 16. The van der Waals surface area contributed by atoms with Crippen molar-refractivity contribution < 1.29 is 8.78 Å². The second-order valence-electron chi connectivity index (χ2n) is 22.5. The summed E-state index contributed by atoms with van der Waals surface area (Å²) in [6, 6.07) is 22.6. The molecular formula is C70H115F2NS. The molecule has 4 rings (SSSR count). The van der Waals surface area contributed by atoms with Crippen molar-refractivity contribution in [2.45, 2.75) is 203 Å². The van der Waals surface area contributed by atoms with E-state index in [4.69, 9.17) is 0 Å². The highest BCUT2D eigenvalue weighted by molar-refractivity contribution is 8.35. The maximum Gasteiger partial charge on any atom is 0.123 e. The van der Waals surface area contributed by atoms with Crippen LogP contribution in [0.5, 0.6) is 0 Å². The Balaban J connectivity index is 0. The van der Waals surface area contributed by atoms with Crippen LogP contribution in [0, 0.1) is 53.6 Å². The molecule has 0 spiro atoms. The third-order valence-electron chi connectivity index (χ3n) is 14.5. The van der Waals surface area contributed by atoms with Crippen LogP contribution in [0.2, 0.25) is 0 Å². The highest BCUT2D eigenvalue weighted by Crippen LogP contribution is 2.45. The van der Waals surface area contributed by atoms with Gasteiger partial charge < -0.3 is 4.90 Å². The Kier molecular flexibility index (Phi) is 37.7. The van der Waals surface area contributed by atoms with Crippen LogP contribution in [0.4, 0.5) is 14.5 Å². The molecule has 0 radical (unpaired) electrons. The number of anilines is 1. The molecule has 3 unspecified atom stereocenters. The first-order valence-electron chi connectivity index (χ1n) is 28.8. The van der Waals surface area contributed by atoms with Gasteiger partial charge in [-0.2, -0.15) is 0 Å². The van der Waals surface area contributed by atoms with Crippen LogP contribution in [0.1, 0.15) is 207 Å². The van der Waals surface area contributed by atoms with Gasteiger partial charge in [0.15, 0.2) is 0 Å². The van der Waals surface area contributed by atoms with E-state index in [1.807, 2.05) is 52.0 Å². The lowest BCUT2D eigenvalue weighted by Gasteiger charge is -2.30. The van der Waals surface area contributed by atoms with E-state index in [1.165, 1.54) is 62.3 Å². The van der Waals surface area contributed by atoms with Crippen LogP contribution in [-0.4, -0.2) is 25.3 Å². The Morgan fingerprint density at radius 2 is 1.24 bits per heavy atom. The summed E-state index contributed by atoms with van der Waals surface area (Å²) in [6.45, 7) is 50.3. The topological polar surface area (TPSA) is 3.24 Å². The third kappa shape index (κ3) is 28.9. The van der Waals surface area contributed by atoms with E-state index in [0.29, 0.717) is 17.8 Å². The molecule has 4 heteroatoms. The van der Waals surface area contributed by atoms with Crippen molar-refractivity contribution in [1.82, 2.24) is 0 Å². The molecule has 0 heterocycles. The van der Waals surface area contributed by atoms with Gasteiger partial charge in [0.2, 0.25) is 0 Å². The summed E-state index contributed by atoms with van der Waals surface area (Å²) in [5.41, 5.74) is 12.2. The van der Waals surface area contributed by atoms with E-state index in [1.54, 1.807) is 24.3 Å². The number of aryl methyl sites for hydroxylation is 1. The van der Waals surface area contributed by atoms with Crippen molar-refractivity contribution in [3.63, 3.8) is 0 Å². The summed E-state index contributed by atoms with van der Waals surface area (Å²) in [5, 5.41) is 0. The van der Waals surface area contributed by atoms with Crippen molar-refractivity contribution >= 4 is 15.7 Å². The van der Waals surface area contributed by atoms with Gasteiger partial charge in [-0.05, 0) is 173 Å². The summed E-state index contributed by atoms with van der Waals surface area (Å²) >= 11 is 0. The fraction of sp³-hybridized carbons (Fsp3) is 0.571. The summed E-state index contributed by atoms with van der Waals surface area (Å²) in [7, 11) is -0.665. The molecule has 74 heavy (non-hydrogen) atoms. The van der Waals surface area contributed by atoms with Gasteiger partial charge in [-0.1, -0.05) is 231 Å². The van der Waals surface area contributed by atoms with Gasteiger partial charge in [-0.3, -0.25) is 0 Å². The first-order valence-corrected chi connectivity index (χ1v) is 31.6. The molecule has 0 fully saturated rings. The van der Waals surface area contributed by atoms with Crippen molar-refractivity contribution in [3.05, 3.63) is 170 Å². The average molecular weight is 1040 g/mol. The minimum absolute atomic E-state index is 0.0375. The molecule has 0 saturated heterocycles. The largest absolute Gasteiger partial charge is 0.367 e. The molecule has 420 valence electrons. The zero-order valence-corrected chi connectivity index (χ0v) is 53.4. The zero-order valence-electron chi connectivity index (χ0n) is 52.6. The number of nitrogens with zero attached hydrogens (tertiary/aromatic N) is 1. The quantitative estimate of drug-likeness (QED) is 0.102. The van der Waals surface area contributed by atoms with Crippen LogP contribution in [0.3, 0.4) is 0 Å². The van der Waals surface area contributed by atoms with E-state index in [9.17, 15) is 8.78 Å². The fourth-order valence-electron chi connectivity index (χ4n) is 8.01. The number of benzene rings is 3. The summed E-state index contributed by atoms with van der Waals surface area (Å²) in [4.78, 5) is 3.83. The minimum Gasteiger partial charge on any atom is -0.367 e. The average Bonchev–Trinajstić information content (AvgIpc) is 3.36. The lowest BCUT2D eigenvalue weighted by molar-refractivity contribution is 0.407. The molecule has 0 aromatic heterocycles. The second kappa shape index (κ2) is 38.6. The highest BCUT2D eigenvalue weighted by Gasteiger charge is 2.21. The van der Waals surface area contributed by atoms with Crippen molar-refractivity contribution in [1.29, 1.82) is 0 Å². The predicted octanol–water partition coefficient (Wildman–Crippen LogP) is 23.0. The first kappa shape index (κ1) is 72.2. The van der Waals surface area contributed by atoms with Gasteiger partial charge in [0.1, 0.15) is 11.6 Å². The van der Waals surface area contributed by atoms with Crippen LogP contribution in [-0.2, 0) is 6.54 Å². The van der Waals surface area contributed by atoms with E-state index >= 15 is 0 Å². The van der Waals surface area contributed by atoms with E-state index in [-0.39, 0.29) is 17.0 Å². The monoisotopic (exact) mass is 1040 g/mol. The summed E-state index contributed by atoms with van der Waals surface area (Å²) in [6.07, 6.45) is 27.6. The normalized spacial score (nSPS) is 18.0. The Labute approximate surface area is 461 Å². The number of allylic oxidation sites excluding steroid dienone is 10. The second-order valence-corrected chi connectivity index (χ2v) is 26.7. The molecule has 0 saturated carbocycles. The lowest BCUT2D eigenvalue weighted by Crippen LogP contribution is -2.29. The fourth-order valence-corrected chi connectivity index (χ4v) is 9.23. The van der Waals surface area contributed by atoms with Crippen molar-refractivity contribution in [2.75, 3.05) is 30.2 Å². The van der Waals surface area contributed by atoms with Gasteiger partial charge >= 0.3 is 0 Å². The SMILES string of the molecule is C/C1=C/C(C(C)C)=C(/C)C/C(=C(\C)C(C)CN(Cc2ccc(C)cc2)c2ccc(F)cc2)C/C=C\C1(C)C.C/C=C(\C=C/CC(CC)c1ccc(F)cc1)S(C)(C)C.CC.CC.CCC(C)C.CCC(C)C(C)C. The molecule has 0 amide bonds. The standard InChI is InChI=1S/C36H48FN.C18H27FS.C7H16.C5H12.2C2H6/c1-25(2)35-22-29(6)36(8,9)20-10-11-32(21-27(35)4)30(7)28(5)23-38(34-18-16-33(37)17-19-34)24-31-14-12-26(3)13-15-31;1-6-15(16-11-13-17(19)14-12-16)9-8-10-18(7-2)20(3,4)5;1-5-7(4)6(2)3;1-4-5(2)3;2*1-2/h10,12-20,22,25,28H,11,21,23-24H2,1-9H3;7-8,10-15H,6,9H2,1-5H3;6-7H,5H2,1-4H3;5H,4H2,1-3H3;2*1-2H3/b20-10-,29-22-,32-30+,35-27+;10-8-,18-7+;;;;. The molecule has 3 aromatic rings. The van der Waals surface area contributed by atoms with E-state index in [2.05, 4.69) is 209 Å². The van der Waals surface area contributed by atoms with Crippen LogP contribution < -0.4 is 4.90 Å². The van der Waals surface area contributed by atoms with Gasteiger partial charge in [0.05, 0.1) is 0 Å². The van der Waals surface area contributed by atoms with Crippen molar-refractivity contribution in [2.24, 2.45) is 35.0 Å². The molecule has 3 aromatic carbocycles. The first-order chi connectivity index (χ1) is 34.7. The zero-order chi connectivity index (χ0) is 57.4. The van der Waals surface area contributed by atoms with Crippen molar-refractivity contribution in [3.8, 4) is 0 Å². The molecule has 1 nitrogen and oxygen atoms in total. The summed E-state index contributed by atoms with van der Waals surface area (Å²) < 4.78 is 26.7. The van der Waals surface area contributed by atoms with Gasteiger partial charge in [-0.15, -0.1) is 0 Å². The van der Waals surface area contributed by atoms with Gasteiger partial charge in [0.25, 0.3) is 0 Å². The maximum absolute atomic E-state index is 13.8. The molecular weight excluding hydrogens is 925 g/mol. The Morgan fingerprint density at radius 3 is 1.66 bits per heavy atom. The number of halogens is 2. The molecule has 0 bridgehead atoms. The van der Waals surface area contributed by atoms with Crippen LogP contribution in [0.15, 0.2) is 142 Å². The van der Waals surface area contributed by atoms with E-state index < -0.39 is 10.0 Å². The molecule has 1 aliphatic carbocycles. The van der Waals surface area contributed by atoms with E-state index in [0.717, 1.165) is 62.2 Å². The molecule has 0 N–H and O–H groups in total. The molecule has 1 aliphatic rings. The van der Waals surface area contributed by atoms with Crippen LogP contribution in [0.25, 0.3) is 0 Å². The Bertz CT molecular complexity index is 2120. The maximum atomic E-state index is 13.8. The molecule has 0 aliphatic heterocycles. The minimum atomic E-state index is -0.665. The Morgan fingerprint density at radius 1 is 0.730 bits per heavy atom. The Hall–Kier alpha value is -3.89. The number of hydrogen-bond donors (Lipinski definition) is 0. The summed E-state index contributed by atoms with van der Waals surface area (Å²) in [5.74, 6) is 3.62. The highest BCUT2D eigenvalue weighted by atomic mass is 32.3. The smallest absolute Gasteiger partial charge is 0.123 e. The lowest BCUT2D eigenvalue weighted by atomic mass is 9.79. The number of hydrogen-bond acceptors (Lipinski definition) is 1. The van der Waals surface area contributed by atoms with Gasteiger partial charge in [0, 0.05) is 24.2 Å². The predicted molar refractivity (Wildman–Crippen MR) is 338 cm³/mol. The van der Waals surface area contributed by atoms with Crippen LogP contribution >= 0.6 is 10.0 Å². The molecule has 3 atom stereocenters.